The van der Waals surface area contributed by atoms with Crippen LogP contribution in [0.2, 0.25) is 5.02 Å². The van der Waals surface area contributed by atoms with Crippen LogP contribution < -0.4 is 10.1 Å². The van der Waals surface area contributed by atoms with E-state index in [2.05, 4.69) is 15.5 Å². The maximum absolute atomic E-state index is 12.8. The van der Waals surface area contributed by atoms with Crippen molar-refractivity contribution in [2.24, 2.45) is 0 Å². The number of benzene rings is 2. The van der Waals surface area contributed by atoms with Crippen LogP contribution in [0.3, 0.4) is 0 Å². The van der Waals surface area contributed by atoms with E-state index in [4.69, 9.17) is 16.3 Å². The van der Waals surface area contributed by atoms with Crippen molar-refractivity contribution >= 4 is 23.2 Å². The molecule has 2 aromatic carbocycles. The third-order valence-corrected chi connectivity index (χ3v) is 4.99. The van der Waals surface area contributed by atoms with Gasteiger partial charge in [0.05, 0.1) is 12.8 Å². The number of halogens is 1. The molecule has 26 heavy (non-hydrogen) atoms. The van der Waals surface area contributed by atoms with E-state index in [1.54, 1.807) is 19.2 Å². The van der Waals surface area contributed by atoms with Gasteiger partial charge in [-0.3, -0.25) is 9.89 Å². The second-order valence-electron chi connectivity index (χ2n) is 6.36. The highest BCUT2D eigenvalue weighted by Gasteiger charge is 2.25. The van der Waals surface area contributed by atoms with E-state index >= 15 is 0 Å². The molecule has 3 aromatic rings. The molecule has 4 rings (SSSR count). The van der Waals surface area contributed by atoms with Crippen LogP contribution in [-0.2, 0) is 12.8 Å². The van der Waals surface area contributed by atoms with Crippen molar-refractivity contribution in [2.75, 3.05) is 12.4 Å². The first kappa shape index (κ1) is 16.7. The maximum Gasteiger partial charge on any atom is 0.273 e. The molecule has 0 saturated carbocycles. The molecular formula is C20H18ClN3O2. The van der Waals surface area contributed by atoms with Crippen molar-refractivity contribution < 1.29 is 9.53 Å². The largest absolute Gasteiger partial charge is 0.497 e. The summed E-state index contributed by atoms with van der Waals surface area (Å²) >= 11 is 6.04. The number of H-pyrrole nitrogens is 1. The first-order valence-corrected chi connectivity index (χ1v) is 8.76. The number of anilines is 1. The summed E-state index contributed by atoms with van der Waals surface area (Å²) in [4.78, 5) is 12.8. The Hall–Kier alpha value is -2.79. The summed E-state index contributed by atoms with van der Waals surface area (Å²) < 4.78 is 5.30. The van der Waals surface area contributed by atoms with Gasteiger partial charge >= 0.3 is 0 Å². The normalized spacial score (nSPS) is 12.3. The number of hydrogen-bond acceptors (Lipinski definition) is 3. The molecule has 0 saturated heterocycles. The zero-order chi connectivity index (χ0) is 18.3. The van der Waals surface area contributed by atoms with Crippen molar-refractivity contribution in [2.45, 2.75) is 19.8 Å². The van der Waals surface area contributed by atoms with Gasteiger partial charge in [-0.25, -0.2) is 0 Å². The number of carbonyl (C=O) groups is 1. The van der Waals surface area contributed by atoms with E-state index < -0.39 is 0 Å². The van der Waals surface area contributed by atoms with Crippen molar-refractivity contribution in [3.8, 4) is 17.0 Å². The predicted octanol–water partition coefficient (Wildman–Crippen LogP) is 4.40. The number of fused-ring (bicyclic) bond motifs is 3. The molecule has 6 heteroatoms. The molecule has 0 atom stereocenters. The fourth-order valence-electron chi connectivity index (χ4n) is 3.33. The topological polar surface area (TPSA) is 67.0 Å². The van der Waals surface area contributed by atoms with Crippen LogP contribution >= 0.6 is 11.6 Å². The van der Waals surface area contributed by atoms with Crippen molar-refractivity contribution in [1.82, 2.24) is 10.2 Å². The number of ether oxygens (including phenoxy) is 1. The number of carbonyl (C=O) groups excluding carboxylic acids is 1. The van der Waals surface area contributed by atoms with E-state index in [0.717, 1.165) is 41.0 Å². The summed E-state index contributed by atoms with van der Waals surface area (Å²) in [6.07, 6.45) is 1.60. The summed E-state index contributed by atoms with van der Waals surface area (Å²) in [7, 11) is 1.66. The Balaban J connectivity index is 1.67. The zero-order valence-electron chi connectivity index (χ0n) is 14.5. The summed E-state index contributed by atoms with van der Waals surface area (Å²) in [5, 5.41) is 10.8. The second-order valence-corrected chi connectivity index (χ2v) is 6.80. The Labute approximate surface area is 156 Å². The number of hydrogen-bond donors (Lipinski definition) is 2. The van der Waals surface area contributed by atoms with Crippen LogP contribution in [0.4, 0.5) is 5.69 Å². The number of nitrogens with one attached hydrogen (secondary N) is 2. The first-order chi connectivity index (χ1) is 12.6. The molecule has 1 aliphatic carbocycles. The van der Waals surface area contributed by atoms with E-state index in [0.29, 0.717) is 16.4 Å². The third-order valence-electron chi connectivity index (χ3n) is 4.75. The molecule has 5 nitrogen and oxygen atoms in total. The van der Waals surface area contributed by atoms with Gasteiger partial charge < -0.3 is 10.1 Å². The van der Waals surface area contributed by atoms with Gasteiger partial charge in [-0.2, -0.15) is 5.10 Å². The number of methoxy groups -OCH3 is 1. The van der Waals surface area contributed by atoms with Crippen molar-refractivity contribution in [3.63, 3.8) is 0 Å². The fraction of sp³-hybridized carbons (Fsp3) is 0.200. The number of aryl methyl sites for hydroxylation is 2. The molecule has 1 heterocycles. The molecule has 0 unspecified atom stereocenters. The molecule has 0 radical (unpaired) electrons. The second kappa shape index (κ2) is 6.50. The van der Waals surface area contributed by atoms with Crippen LogP contribution in [-0.4, -0.2) is 23.2 Å². The first-order valence-electron chi connectivity index (χ1n) is 8.39. The average Bonchev–Trinajstić information content (AvgIpc) is 3.08. The molecule has 1 amide bonds. The summed E-state index contributed by atoms with van der Waals surface area (Å²) in [5.41, 5.74) is 6.16. The van der Waals surface area contributed by atoms with E-state index in [1.807, 2.05) is 31.2 Å². The van der Waals surface area contributed by atoms with Gasteiger partial charge in [0.1, 0.15) is 11.4 Å². The number of rotatable bonds is 3. The maximum atomic E-state index is 12.8. The van der Waals surface area contributed by atoms with Crippen LogP contribution in [0.1, 0.15) is 27.2 Å². The molecular weight excluding hydrogens is 350 g/mol. The summed E-state index contributed by atoms with van der Waals surface area (Å²) in [6.45, 7) is 1.93. The third kappa shape index (κ3) is 2.84. The zero-order valence-corrected chi connectivity index (χ0v) is 15.3. The van der Waals surface area contributed by atoms with Gasteiger partial charge in [0.15, 0.2) is 0 Å². The Bertz CT molecular complexity index is 1010. The molecule has 0 aliphatic heterocycles. The molecule has 1 aromatic heterocycles. The van der Waals surface area contributed by atoms with Crippen molar-refractivity contribution in [1.29, 1.82) is 0 Å². The Morgan fingerprint density at radius 1 is 1.23 bits per heavy atom. The SMILES string of the molecule is COc1ccc2c(c1)CCc1c-2n[nH]c1C(=O)Nc1cc(Cl)ccc1C. The van der Waals surface area contributed by atoms with Crippen LogP contribution in [0.5, 0.6) is 5.75 Å². The van der Waals surface area contributed by atoms with E-state index in [1.165, 1.54) is 5.56 Å². The van der Waals surface area contributed by atoms with Gasteiger partial charge in [-0.05, 0) is 61.2 Å². The lowest BCUT2D eigenvalue weighted by Crippen LogP contribution is -2.16. The average molecular weight is 368 g/mol. The van der Waals surface area contributed by atoms with Crippen LogP contribution in [0, 0.1) is 6.92 Å². The quantitative estimate of drug-likeness (QED) is 0.721. The molecule has 0 fully saturated rings. The predicted molar refractivity (Wildman–Crippen MR) is 102 cm³/mol. The van der Waals surface area contributed by atoms with Gasteiger partial charge in [-0.15, -0.1) is 0 Å². The Kier molecular flexibility index (Phi) is 4.17. The molecule has 132 valence electrons. The minimum atomic E-state index is -0.207. The molecule has 0 spiro atoms. The van der Waals surface area contributed by atoms with E-state index in [-0.39, 0.29) is 5.91 Å². The van der Waals surface area contributed by atoms with Crippen molar-refractivity contribution in [3.05, 3.63) is 63.8 Å². The highest BCUT2D eigenvalue weighted by atomic mass is 35.5. The van der Waals surface area contributed by atoms with Gasteiger partial charge in [0, 0.05) is 21.8 Å². The Morgan fingerprint density at radius 3 is 2.88 bits per heavy atom. The minimum Gasteiger partial charge on any atom is -0.497 e. The monoisotopic (exact) mass is 367 g/mol. The number of nitrogens with zero attached hydrogens (tertiary/aromatic N) is 1. The van der Waals surface area contributed by atoms with Gasteiger partial charge in [0.2, 0.25) is 0 Å². The van der Waals surface area contributed by atoms with Crippen LogP contribution in [0.15, 0.2) is 36.4 Å². The molecule has 1 aliphatic rings. The van der Waals surface area contributed by atoms with Crippen LogP contribution in [0.25, 0.3) is 11.3 Å². The molecule has 0 bridgehead atoms. The summed E-state index contributed by atoms with van der Waals surface area (Å²) in [5.74, 6) is 0.623. The number of aromatic nitrogens is 2. The standard InChI is InChI=1S/C20H18ClN3O2/c1-11-3-5-13(21)10-17(11)22-20(25)19-16-7-4-12-9-14(26-2)6-8-15(12)18(16)23-24-19/h3,5-6,8-10H,4,7H2,1-2H3,(H,22,25)(H,23,24). The fourth-order valence-corrected chi connectivity index (χ4v) is 3.50. The highest BCUT2D eigenvalue weighted by molar-refractivity contribution is 6.31. The lowest BCUT2D eigenvalue weighted by Gasteiger charge is -2.17. The number of aromatic amines is 1. The number of amides is 1. The lowest BCUT2D eigenvalue weighted by molar-refractivity contribution is 0.102. The van der Waals surface area contributed by atoms with E-state index in [9.17, 15) is 4.79 Å². The molecule has 2 N–H and O–H groups in total. The summed E-state index contributed by atoms with van der Waals surface area (Å²) in [6, 6.07) is 11.4. The van der Waals surface area contributed by atoms with Gasteiger partial charge in [-0.1, -0.05) is 17.7 Å². The lowest BCUT2D eigenvalue weighted by atomic mass is 9.89. The minimum absolute atomic E-state index is 0.207. The highest BCUT2D eigenvalue weighted by Crippen LogP contribution is 2.35. The smallest absolute Gasteiger partial charge is 0.273 e. The van der Waals surface area contributed by atoms with Gasteiger partial charge in [0.25, 0.3) is 5.91 Å². The Morgan fingerprint density at radius 2 is 2.08 bits per heavy atom.